The number of hydrogen-bond acceptors (Lipinski definition) is 4. The highest BCUT2D eigenvalue weighted by Crippen LogP contribution is 2.29. The molecule has 0 saturated heterocycles. The van der Waals surface area contributed by atoms with Crippen LogP contribution in [0, 0.1) is 0 Å². The predicted octanol–water partition coefficient (Wildman–Crippen LogP) is 2.20. The maximum Gasteiger partial charge on any atom is 0.257 e. The number of carbonyl (C=O) groups excluding carboxylic acids is 2. The third kappa shape index (κ3) is 7.23. The molecule has 0 saturated carbocycles. The summed E-state index contributed by atoms with van der Waals surface area (Å²) < 4.78 is 5.38. The molecule has 0 bridgehead atoms. The van der Waals surface area contributed by atoms with Gasteiger partial charge in [0.1, 0.15) is 5.75 Å². The van der Waals surface area contributed by atoms with Gasteiger partial charge in [-0.1, -0.05) is 24.3 Å². The van der Waals surface area contributed by atoms with Crippen LogP contribution in [0.4, 0.5) is 0 Å². The van der Waals surface area contributed by atoms with Crippen LogP contribution in [0.3, 0.4) is 0 Å². The molecule has 0 spiro atoms. The number of para-hydroxylation sites is 1. The van der Waals surface area contributed by atoms with Crippen molar-refractivity contribution in [2.24, 2.45) is 0 Å². The van der Waals surface area contributed by atoms with E-state index >= 15 is 0 Å². The van der Waals surface area contributed by atoms with E-state index < -0.39 is 0 Å². The van der Waals surface area contributed by atoms with E-state index in [0.717, 1.165) is 5.57 Å². The van der Waals surface area contributed by atoms with Crippen molar-refractivity contribution in [3.05, 3.63) is 42.0 Å². The average Bonchev–Trinajstić information content (AvgIpc) is 2.80. The lowest BCUT2D eigenvalue weighted by atomic mass is 9.96. The summed E-state index contributed by atoms with van der Waals surface area (Å²) in [5, 5.41) is 9.12. The van der Waals surface area contributed by atoms with Gasteiger partial charge in [0.2, 0.25) is 5.91 Å². The van der Waals surface area contributed by atoms with Gasteiger partial charge in [0.25, 0.3) is 5.91 Å². The second-order valence-electron chi connectivity index (χ2n) is 7.59. The zero-order chi connectivity index (χ0) is 19.2. The van der Waals surface area contributed by atoms with Crippen LogP contribution in [0.1, 0.15) is 34.1 Å². The highest BCUT2D eigenvalue weighted by Gasteiger charge is 2.39. The van der Waals surface area contributed by atoms with E-state index in [1.165, 1.54) is 0 Å². The summed E-state index contributed by atoms with van der Waals surface area (Å²) in [7, 11) is 0. The SMILES string of the molecule is CC1(C)C=C(C(=O)NCCCNC(=O)COc2ccccc2)C(C)(C)N1.Cl. The molecule has 1 aromatic rings. The summed E-state index contributed by atoms with van der Waals surface area (Å²) in [5.41, 5.74) is 0.210. The minimum absolute atomic E-state index is 0. The van der Waals surface area contributed by atoms with Crippen LogP contribution in [0.5, 0.6) is 5.75 Å². The molecule has 150 valence electrons. The molecule has 0 atom stereocenters. The van der Waals surface area contributed by atoms with Gasteiger partial charge < -0.3 is 15.4 Å². The molecule has 2 amide bonds. The number of rotatable bonds is 8. The van der Waals surface area contributed by atoms with Crippen LogP contribution in [-0.2, 0) is 9.59 Å². The molecule has 3 N–H and O–H groups in total. The maximum absolute atomic E-state index is 12.4. The summed E-state index contributed by atoms with van der Waals surface area (Å²) in [6, 6.07) is 9.21. The van der Waals surface area contributed by atoms with Crippen LogP contribution in [0.2, 0.25) is 0 Å². The maximum atomic E-state index is 12.4. The van der Waals surface area contributed by atoms with Gasteiger partial charge in [-0.05, 0) is 46.2 Å². The number of amides is 2. The number of halogens is 1. The minimum Gasteiger partial charge on any atom is -0.484 e. The van der Waals surface area contributed by atoms with E-state index in [2.05, 4.69) is 16.0 Å². The Morgan fingerprint density at radius 2 is 1.67 bits per heavy atom. The first kappa shape index (κ1) is 23.0. The van der Waals surface area contributed by atoms with Crippen molar-refractivity contribution in [3.8, 4) is 5.75 Å². The van der Waals surface area contributed by atoms with E-state index in [1.807, 2.05) is 52.0 Å². The Balaban J connectivity index is 0.00000364. The standard InChI is InChI=1S/C20H29N3O3.ClH/c1-19(2)13-16(20(3,4)23-19)18(25)22-12-8-11-21-17(24)14-26-15-9-6-5-7-10-15;/h5-7,9-10,13,23H,8,11-12,14H2,1-4H3,(H,21,24)(H,22,25);1H. The molecule has 27 heavy (non-hydrogen) atoms. The zero-order valence-corrected chi connectivity index (χ0v) is 17.2. The fraction of sp³-hybridized carbons (Fsp3) is 0.500. The zero-order valence-electron chi connectivity index (χ0n) is 16.4. The number of benzene rings is 1. The van der Waals surface area contributed by atoms with Crippen LogP contribution in [0.25, 0.3) is 0 Å². The molecule has 6 nitrogen and oxygen atoms in total. The fourth-order valence-electron chi connectivity index (χ4n) is 3.13. The molecule has 1 aliphatic heterocycles. The summed E-state index contributed by atoms with van der Waals surface area (Å²) >= 11 is 0. The Morgan fingerprint density at radius 3 is 2.26 bits per heavy atom. The van der Waals surface area contributed by atoms with E-state index in [9.17, 15) is 9.59 Å². The van der Waals surface area contributed by atoms with Gasteiger partial charge >= 0.3 is 0 Å². The van der Waals surface area contributed by atoms with Crippen molar-refractivity contribution < 1.29 is 14.3 Å². The summed E-state index contributed by atoms with van der Waals surface area (Å²) in [5.74, 6) is 0.427. The molecule has 1 aromatic carbocycles. The first-order valence-electron chi connectivity index (χ1n) is 8.95. The van der Waals surface area contributed by atoms with Gasteiger partial charge in [-0.2, -0.15) is 0 Å². The molecule has 2 rings (SSSR count). The molecule has 0 aromatic heterocycles. The van der Waals surface area contributed by atoms with E-state index in [-0.39, 0.29) is 41.9 Å². The van der Waals surface area contributed by atoms with Gasteiger partial charge in [-0.25, -0.2) is 0 Å². The molecule has 0 fully saturated rings. The van der Waals surface area contributed by atoms with Crippen LogP contribution in [0.15, 0.2) is 42.0 Å². The second kappa shape index (κ2) is 9.76. The summed E-state index contributed by atoms with van der Waals surface area (Å²) in [6.07, 6.45) is 2.64. The molecule has 0 radical (unpaired) electrons. The van der Waals surface area contributed by atoms with Gasteiger partial charge in [-0.15, -0.1) is 12.4 Å². The Morgan fingerprint density at radius 1 is 1.04 bits per heavy atom. The highest BCUT2D eigenvalue weighted by molar-refractivity contribution is 5.96. The monoisotopic (exact) mass is 395 g/mol. The lowest BCUT2D eigenvalue weighted by molar-refractivity contribution is -0.123. The second-order valence-corrected chi connectivity index (χ2v) is 7.59. The summed E-state index contributed by atoms with van der Waals surface area (Å²) in [4.78, 5) is 24.1. The predicted molar refractivity (Wildman–Crippen MR) is 109 cm³/mol. The van der Waals surface area contributed by atoms with Crippen molar-refractivity contribution in [1.29, 1.82) is 0 Å². The van der Waals surface area contributed by atoms with Crippen molar-refractivity contribution in [1.82, 2.24) is 16.0 Å². The molecule has 1 aliphatic rings. The number of carbonyl (C=O) groups is 2. The number of hydrogen-bond donors (Lipinski definition) is 3. The first-order chi connectivity index (χ1) is 12.2. The van der Waals surface area contributed by atoms with Crippen molar-refractivity contribution in [2.45, 2.75) is 45.2 Å². The molecule has 7 heteroatoms. The third-order valence-electron chi connectivity index (χ3n) is 4.13. The first-order valence-corrected chi connectivity index (χ1v) is 8.95. The van der Waals surface area contributed by atoms with E-state index in [1.54, 1.807) is 12.1 Å². The van der Waals surface area contributed by atoms with Crippen LogP contribution >= 0.6 is 12.4 Å². The molecular weight excluding hydrogens is 366 g/mol. The van der Waals surface area contributed by atoms with E-state index in [0.29, 0.717) is 25.3 Å². The minimum atomic E-state index is -0.351. The van der Waals surface area contributed by atoms with Gasteiger partial charge in [-0.3, -0.25) is 14.9 Å². The quantitative estimate of drug-likeness (QED) is 0.589. The Labute approximate surface area is 167 Å². The van der Waals surface area contributed by atoms with Crippen molar-refractivity contribution >= 4 is 24.2 Å². The van der Waals surface area contributed by atoms with Gasteiger partial charge in [0.15, 0.2) is 6.61 Å². The largest absolute Gasteiger partial charge is 0.484 e. The Bertz CT molecular complexity index is 672. The molecule has 0 unspecified atom stereocenters. The van der Waals surface area contributed by atoms with E-state index in [4.69, 9.17) is 4.74 Å². The average molecular weight is 396 g/mol. The Hall–Kier alpha value is -2.05. The number of nitrogens with one attached hydrogen (secondary N) is 3. The van der Waals surface area contributed by atoms with Gasteiger partial charge in [0, 0.05) is 29.7 Å². The van der Waals surface area contributed by atoms with Gasteiger partial charge in [0.05, 0.1) is 0 Å². The highest BCUT2D eigenvalue weighted by atomic mass is 35.5. The van der Waals surface area contributed by atoms with Crippen molar-refractivity contribution in [2.75, 3.05) is 19.7 Å². The topological polar surface area (TPSA) is 79.5 Å². The lowest BCUT2D eigenvalue weighted by Gasteiger charge is -2.27. The van der Waals surface area contributed by atoms with Crippen LogP contribution < -0.4 is 20.7 Å². The Kier molecular flexibility index (Phi) is 8.31. The fourth-order valence-corrected chi connectivity index (χ4v) is 3.13. The normalized spacial score (nSPS) is 16.7. The molecule has 1 heterocycles. The lowest BCUT2D eigenvalue weighted by Crippen LogP contribution is -2.47. The molecule has 0 aliphatic carbocycles. The smallest absolute Gasteiger partial charge is 0.257 e. The third-order valence-corrected chi connectivity index (χ3v) is 4.13. The van der Waals surface area contributed by atoms with Crippen LogP contribution in [-0.4, -0.2) is 42.6 Å². The number of ether oxygens (including phenoxy) is 1. The molecular formula is C20H30ClN3O3. The summed E-state index contributed by atoms with van der Waals surface area (Å²) in [6.45, 7) is 9.07. The van der Waals surface area contributed by atoms with Crippen molar-refractivity contribution in [3.63, 3.8) is 0 Å².